The molecular weight excluding hydrogens is 258 g/mol. The third-order valence-corrected chi connectivity index (χ3v) is 4.62. The molecule has 1 aromatic carbocycles. The Hall–Kier alpha value is -1.02. The second kappa shape index (κ2) is 8.43. The van der Waals surface area contributed by atoms with Crippen LogP contribution < -0.4 is 9.64 Å². The van der Waals surface area contributed by atoms with Gasteiger partial charge in [-0.2, -0.15) is 0 Å². The fourth-order valence-electron chi connectivity index (χ4n) is 3.28. The van der Waals surface area contributed by atoms with Crippen LogP contribution in [0.1, 0.15) is 50.2 Å². The van der Waals surface area contributed by atoms with Gasteiger partial charge in [-0.15, -0.1) is 0 Å². The van der Waals surface area contributed by atoms with Gasteiger partial charge in [0.05, 0.1) is 26.2 Å². The van der Waals surface area contributed by atoms with Crippen molar-refractivity contribution in [2.75, 3.05) is 26.2 Å². The Balaban J connectivity index is 1.54. The first-order valence-electron chi connectivity index (χ1n) is 8.68. The SMILES string of the molecule is Cc1cc(C)cc(OCCCCC[NH+]2CCC(C)CC2)c1. The summed E-state index contributed by atoms with van der Waals surface area (Å²) in [6, 6.07) is 6.45. The summed E-state index contributed by atoms with van der Waals surface area (Å²) < 4.78 is 5.87. The van der Waals surface area contributed by atoms with Crippen molar-refractivity contribution in [3.63, 3.8) is 0 Å². The molecule has 0 spiro atoms. The molecule has 0 unspecified atom stereocenters. The molecule has 2 heteroatoms. The predicted molar refractivity (Wildman–Crippen MR) is 89.2 cm³/mol. The highest BCUT2D eigenvalue weighted by Crippen LogP contribution is 2.16. The summed E-state index contributed by atoms with van der Waals surface area (Å²) in [7, 11) is 0. The zero-order valence-corrected chi connectivity index (χ0v) is 14.1. The highest BCUT2D eigenvalue weighted by molar-refractivity contribution is 5.32. The van der Waals surface area contributed by atoms with E-state index in [0.717, 1.165) is 18.3 Å². The minimum atomic E-state index is 0.856. The quantitative estimate of drug-likeness (QED) is 0.762. The van der Waals surface area contributed by atoms with Crippen LogP contribution in [-0.4, -0.2) is 26.2 Å². The summed E-state index contributed by atoms with van der Waals surface area (Å²) in [6.07, 6.45) is 6.66. The summed E-state index contributed by atoms with van der Waals surface area (Å²) in [5, 5.41) is 0. The first-order valence-corrected chi connectivity index (χ1v) is 8.68. The lowest BCUT2D eigenvalue weighted by Gasteiger charge is -2.27. The summed E-state index contributed by atoms with van der Waals surface area (Å²) >= 11 is 0. The van der Waals surface area contributed by atoms with Crippen molar-refractivity contribution in [1.29, 1.82) is 0 Å². The largest absolute Gasteiger partial charge is 0.494 e. The second-order valence-corrected chi connectivity index (χ2v) is 6.92. The van der Waals surface area contributed by atoms with E-state index in [4.69, 9.17) is 4.74 Å². The van der Waals surface area contributed by atoms with Gasteiger partial charge in [0.25, 0.3) is 0 Å². The van der Waals surface area contributed by atoms with Crippen LogP contribution in [0.15, 0.2) is 18.2 Å². The van der Waals surface area contributed by atoms with Crippen LogP contribution in [0, 0.1) is 19.8 Å². The molecule has 1 aliphatic heterocycles. The third-order valence-electron chi connectivity index (χ3n) is 4.62. The first kappa shape index (κ1) is 16.4. The fourth-order valence-corrected chi connectivity index (χ4v) is 3.28. The van der Waals surface area contributed by atoms with Gasteiger partial charge in [-0.25, -0.2) is 0 Å². The molecule has 1 aliphatic rings. The van der Waals surface area contributed by atoms with Gasteiger partial charge in [0.15, 0.2) is 0 Å². The van der Waals surface area contributed by atoms with Gasteiger partial charge < -0.3 is 9.64 Å². The van der Waals surface area contributed by atoms with Gasteiger partial charge in [0.2, 0.25) is 0 Å². The summed E-state index contributed by atoms with van der Waals surface area (Å²) in [4.78, 5) is 1.82. The van der Waals surface area contributed by atoms with Gasteiger partial charge in [0, 0.05) is 0 Å². The Morgan fingerprint density at radius 2 is 1.67 bits per heavy atom. The van der Waals surface area contributed by atoms with Crippen molar-refractivity contribution in [1.82, 2.24) is 0 Å². The lowest BCUT2D eigenvalue weighted by molar-refractivity contribution is -0.906. The Labute approximate surface area is 130 Å². The predicted octanol–water partition coefficient (Wildman–Crippen LogP) is 3.17. The molecule has 1 heterocycles. The molecule has 2 rings (SSSR count). The van der Waals surface area contributed by atoms with Crippen LogP contribution in [0.5, 0.6) is 5.75 Å². The van der Waals surface area contributed by atoms with E-state index in [0.29, 0.717) is 0 Å². The molecule has 1 fully saturated rings. The number of ether oxygens (including phenoxy) is 1. The Kier molecular flexibility index (Phi) is 6.56. The van der Waals surface area contributed by atoms with E-state index in [-0.39, 0.29) is 0 Å². The van der Waals surface area contributed by atoms with Crippen molar-refractivity contribution >= 4 is 0 Å². The maximum Gasteiger partial charge on any atom is 0.119 e. The topological polar surface area (TPSA) is 13.7 Å². The van der Waals surface area contributed by atoms with E-state index in [1.807, 2.05) is 4.90 Å². The minimum absolute atomic E-state index is 0.856. The number of hydrogen-bond donors (Lipinski definition) is 1. The highest BCUT2D eigenvalue weighted by Gasteiger charge is 2.17. The van der Waals surface area contributed by atoms with Crippen LogP contribution in [0.3, 0.4) is 0 Å². The van der Waals surface area contributed by atoms with Crippen molar-refractivity contribution in [2.24, 2.45) is 5.92 Å². The number of benzene rings is 1. The number of likely N-dealkylation sites (tertiary alicyclic amines) is 1. The van der Waals surface area contributed by atoms with E-state index in [9.17, 15) is 0 Å². The zero-order valence-electron chi connectivity index (χ0n) is 14.1. The van der Waals surface area contributed by atoms with E-state index < -0.39 is 0 Å². The fraction of sp³-hybridized carbons (Fsp3) is 0.684. The van der Waals surface area contributed by atoms with Crippen LogP contribution in [0.4, 0.5) is 0 Å². The molecule has 1 saturated heterocycles. The molecule has 1 aromatic rings. The molecule has 0 radical (unpaired) electrons. The third kappa shape index (κ3) is 6.09. The maximum absolute atomic E-state index is 5.87. The highest BCUT2D eigenvalue weighted by atomic mass is 16.5. The zero-order chi connectivity index (χ0) is 15.1. The van der Waals surface area contributed by atoms with E-state index >= 15 is 0 Å². The normalized spacial score (nSPS) is 22.2. The lowest BCUT2D eigenvalue weighted by Crippen LogP contribution is -3.13. The monoisotopic (exact) mass is 290 g/mol. The van der Waals surface area contributed by atoms with Crippen LogP contribution in [-0.2, 0) is 0 Å². The summed E-state index contributed by atoms with van der Waals surface area (Å²) in [5.74, 6) is 1.99. The van der Waals surface area contributed by atoms with Crippen LogP contribution in [0.2, 0.25) is 0 Å². The van der Waals surface area contributed by atoms with E-state index in [1.165, 1.54) is 62.9 Å². The number of hydrogen-bond acceptors (Lipinski definition) is 1. The van der Waals surface area contributed by atoms with Gasteiger partial charge >= 0.3 is 0 Å². The summed E-state index contributed by atoms with van der Waals surface area (Å²) in [5.41, 5.74) is 2.57. The smallest absolute Gasteiger partial charge is 0.119 e. The standard InChI is InChI=1S/C19H31NO/c1-16-7-10-20(11-8-16)9-5-4-6-12-21-19-14-17(2)13-18(3)15-19/h13-16H,4-12H2,1-3H3/p+1. The number of nitrogens with one attached hydrogen (secondary N) is 1. The van der Waals surface area contributed by atoms with Crippen molar-refractivity contribution < 1.29 is 9.64 Å². The van der Waals surface area contributed by atoms with Crippen LogP contribution >= 0.6 is 0 Å². The molecule has 0 bridgehead atoms. The van der Waals surface area contributed by atoms with Gasteiger partial charge in [-0.05, 0) is 75.1 Å². The van der Waals surface area contributed by atoms with E-state index in [1.54, 1.807) is 0 Å². The lowest BCUT2D eigenvalue weighted by atomic mass is 9.99. The molecule has 0 aromatic heterocycles. The number of rotatable bonds is 7. The molecule has 2 nitrogen and oxygen atoms in total. The van der Waals surface area contributed by atoms with Crippen molar-refractivity contribution in [2.45, 2.75) is 52.9 Å². The molecule has 21 heavy (non-hydrogen) atoms. The molecular formula is C19H32NO+. The molecule has 0 saturated carbocycles. The average molecular weight is 290 g/mol. The Morgan fingerprint density at radius 3 is 2.33 bits per heavy atom. The van der Waals surface area contributed by atoms with E-state index in [2.05, 4.69) is 39.0 Å². The Morgan fingerprint density at radius 1 is 1.00 bits per heavy atom. The minimum Gasteiger partial charge on any atom is -0.494 e. The number of quaternary nitrogens is 1. The number of unbranched alkanes of at least 4 members (excludes halogenated alkanes) is 2. The number of aryl methyl sites for hydroxylation is 2. The molecule has 0 amide bonds. The maximum atomic E-state index is 5.87. The molecule has 0 atom stereocenters. The molecule has 0 aliphatic carbocycles. The molecule has 118 valence electrons. The average Bonchev–Trinajstić information content (AvgIpc) is 2.43. The first-order chi connectivity index (χ1) is 10.1. The van der Waals surface area contributed by atoms with Gasteiger partial charge in [-0.3, -0.25) is 0 Å². The van der Waals surface area contributed by atoms with Gasteiger partial charge in [0.1, 0.15) is 5.75 Å². The molecule has 1 N–H and O–H groups in total. The Bertz CT molecular complexity index is 401. The van der Waals surface area contributed by atoms with Crippen LogP contribution in [0.25, 0.3) is 0 Å². The second-order valence-electron chi connectivity index (χ2n) is 6.92. The summed E-state index contributed by atoms with van der Waals surface area (Å²) in [6.45, 7) is 11.6. The van der Waals surface area contributed by atoms with Gasteiger partial charge in [-0.1, -0.05) is 13.0 Å². The van der Waals surface area contributed by atoms with Crippen molar-refractivity contribution in [3.05, 3.63) is 29.3 Å². The van der Waals surface area contributed by atoms with Crippen molar-refractivity contribution in [3.8, 4) is 5.75 Å². The number of piperidine rings is 1.